The van der Waals surface area contributed by atoms with Gasteiger partial charge in [0.1, 0.15) is 5.75 Å². The lowest BCUT2D eigenvalue weighted by Gasteiger charge is -2.27. The van der Waals surface area contributed by atoms with Crippen LogP contribution < -0.4 is 15.2 Å². The Bertz CT molecular complexity index is 428. The third kappa shape index (κ3) is 3.52. The van der Waals surface area contributed by atoms with Gasteiger partial charge in [-0.25, -0.2) is 4.39 Å². The average Bonchev–Trinajstić information content (AvgIpc) is 2.38. The second-order valence-electron chi connectivity index (χ2n) is 5.25. The molecule has 3 nitrogen and oxygen atoms in total. The Hall–Kier alpha value is -1.45. The summed E-state index contributed by atoms with van der Waals surface area (Å²) in [6, 6.07) is 2.83. The standard InChI is InChI=1S/C15H22FNO2/c1-3-18-14-9-15(13(17)8-12(14)16)19-11-6-4-10(2)5-7-11/h8-11H,3-7,17H2,1-2H3. The van der Waals surface area contributed by atoms with Crippen molar-refractivity contribution in [2.75, 3.05) is 12.3 Å². The molecule has 2 N–H and O–H groups in total. The Morgan fingerprint density at radius 1 is 1.21 bits per heavy atom. The second kappa shape index (κ2) is 6.13. The fourth-order valence-corrected chi connectivity index (χ4v) is 2.45. The molecule has 1 aliphatic carbocycles. The van der Waals surface area contributed by atoms with Crippen molar-refractivity contribution in [3.63, 3.8) is 0 Å². The van der Waals surface area contributed by atoms with Crippen molar-refractivity contribution in [3.8, 4) is 11.5 Å². The lowest BCUT2D eigenvalue weighted by Crippen LogP contribution is -2.23. The summed E-state index contributed by atoms with van der Waals surface area (Å²) < 4.78 is 24.7. The second-order valence-corrected chi connectivity index (χ2v) is 5.25. The van der Waals surface area contributed by atoms with E-state index in [0.717, 1.165) is 18.8 Å². The zero-order valence-electron chi connectivity index (χ0n) is 11.6. The van der Waals surface area contributed by atoms with Crippen LogP contribution in [0.2, 0.25) is 0 Å². The molecular formula is C15H22FNO2. The van der Waals surface area contributed by atoms with Gasteiger partial charge in [-0.1, -0.05) is 6.92 Å². The van der Waals surface area contributed by atoms with Gasteiger partial charge in [0.05, 0.1) is 18.4 Å². The highest BCUT2D eigenvalue weighted by atomic mass is 19.1. The minimum absolute atomic E-state index is 0.179. The fraction of sp³-hybridized carbons (Fsp3) is 0.600. The summed E-state index contributed by atoms with van der Waals surface area (Å²) in [5.74, 6) is 1.06. The van der Waals surface area contributed by atoms with Crippen molar-refractivity contribution >= 4 is 5.69 Å². The SMILES string of the molecule is CCOc1cc(OC2CCC(C)CC2)c(N)cc1F. The Kier molecular flexibility index (Phi) is 4.51. The van der Waals surface area contributed by atoms with Gasteiger partial charge < -0.3 is 15.2 Å². The maximum atomic E-state index is 13.6. The van der Waals surface area contributed by atoms with Gasteiger partial charge in [-0.3, -0.25) is 0 Å². The summed E-state index contributed by atoms with van der Waals surface area (Å²) in [4.78, 5) is 0. The molecule has 1 fully saturated rings. The molecule has 0 spiro atoms. The molecule has 1 saturated carbocycles. The Balaban J connectivity index is 2.08. The summed E-state index contributed by atoms with van der Waals surface area (Å²) >= 11 is 0. The highest BCUT2D eigenvalue weighted by Gasteiger charge is 2.21. The lowest BCUT2D eigenvalue weighted by atomic mass is 9.89. The average molecular weight is 267 g/mol. The molecule has 0 unspecified atom stereocenters. The topological polar surface area (TPSA) is 44.5 Å². The number of nitrogen functional groups attached to an aromatic ring is 1. The molecule has 0 radical (unpaired) electrons. The molecule has 0 bridgehead atoms. The zero-order chi connectivity index (χ0) is 13.8. The van der Waals surface area contributed by atoms with E-state index in [2.05, 4.69) is 6.92 Å². The number of halogens is 1. The van der Waals surface area contributed by atoms with E-state index in [-0.39, 0.29) is 11.9 Å². The molecule has 1 aromatic rings. The zero-order valence-corrected chi connectivity index (χ0v) is 11.6. The highest BCUT2D eigenvalue weighted by Crippen LogP contribution is 2.34. The smallest absolute Gasteiger partial charge is 0.167 e. The van der Waals surface area contributed by atoms with Crippen molar-refractivity contribution in [2.45, 2.75) is 45.6 Å². The molecule has 0 aromatic heterocycles. The Labute approximate surface area is 113 Å². The lowest BCUT2D eigenvalue weighted by molar-refractivity contribution is 0.135. The van der Waals surface area contributed by atoms with Crippen LogP contribution in [0.3, 0.4) is 0 Å². The van der Waals surface area contributed by atoms with Crippen LogP contribution in [-0.4, -0.2) is 12.7 Å². The van der Waals surface area contributed by atoms with Crippen molar-refractivity contribution in [2.24, 2.45) is 5.92 Å². The van der Waals surface area contributed by atoms with Crippen molar-refractivity contribution in [1.82, 2.24) is 0 Å². The van der Waals surface area contributed by atoms with E-state index in [9.17, 15) is 4.39 Å². The molecule has 0 aliphatic heterocycles. The van der Waals surface area contributed by atoms with E-state index in [1.807, 2.05) is 6.92 Å². The number of hydrogen-bond donors (Lipinski definition) is 1. The van der Waals surface area contributed by atoms with E-state index in [1.54, 1.807) is 6.07 Å². The molecule has 0 heterocycles. The summed E-state index contributed by atoms with van der Waals surface area (Å²) in [6.45, 7) is 4.50. The van der Waals surface area contributed by atoms with Crippen LogP contribution in [-0.2, 0) is 0 Å². The first-order valence-electron chi connectivity index (χ1n) is 6.98. The minimum atomic E-state index is -0.441. The van der Waals surface area contributed by atoms with Gasteiger partial charge in [-0.05, 0) is 38.5 Å². The molecular weight excluding hydrogens is 245 g/mol. The van der Waals surface area contributed by atoms with Gasteiger partial charge in [0.2, 0.25) is 0 Å². The van der Waals surface area contributed by atoms with E-state index in [0.29, 0.717) is 18.0 Å². The van der Waals surface area contributed by atoms with Crippen LogP contribution in [0.4, 0.5) is 10.1 Å². The van der Waals surface area contributed by atoms with Gasteiger partial charge >= 0.3 is 0 Å². The predicted octanol–water partition coefficient (Wildman–Crippen LogP) is 3.76. The number of benzene rings is 1. The highest BCUT2D eigenvalue weighted by molar-refractivity contribution is 5.56. The molecule has 1 aliphatic rings. The molecule has 19 heavy (non-hydrogen) atoms. The van der Waals surface area contributed by atoms with Crippen LogP contribution in [0, 0.1) is 11.7 Å². The van der Waals surface area contributed by atoms with Crippen LogP contribution in [0.25, 0.3) is 0 Å². The molecule has 0 amide bonds. The third-order valence-corrected chi connectivity index (χ3v) is 3.62. The van der Waals surface area contributed by atoms with Crippen molar-refractivity contribution in [3.05, 3.63) is 17.9 Å². The van der Waals surface area contributed by atoms with Gasteiger partial charge in [0.15, 0.2) is 11.6 Å². The minimum Gasteiger partial charge on any atom is -0.491 e. The monoisotopic (exact) mass is 267 g/mol. The van der Waals surface area contributed by atoms with Crippen molar-refractivity contribution < 1.29 is 13.9 Å². The van der Waals surface area contributed by atoms with Gasteiger partial charge in [-0.2, -0.15) is 0 Å². The van der Waals surface area contributed by atoms with E-state index in [4.69, 9.17) is 15.2 Å². The predicted molar refractivity (Wildman–Crippen MR) is 74.0 cm³/mol. The number of hydrogen-bond acceptors (Lipinski definition) is 3. The quantitative estimate of drug-likeness (QED) is 0.845. The molecule has 106 valence electrons. The normalized spacial score (nSPS) is 23.1. The van der Waals surface area contributed by atoms with Gasteiger partial charge in [0, 0.05) is 12.1 Å². The number of nitrogens with two attached hydrogens (primary N) is 1. The van der Waals surface area contributed by atoms with Crippen LogP contribution in [0.5, 0.6) is 11.5 Å². The van der Waals surface area contributed by atoms with Gasteiger partial charge in [0.25, 0.3) is 0 Å². The van der Waals surface area contributed by atoms with E-state index >= 15 is 0 Å². The number of ether oxygens (including phenoxy) is 2. The summed E-state index contributed by atoms with van der Waals surface area (Å²) in [5.41, 5.74) is 6.14. The van der Waals surface area contributed by atoms with Gasteiger partial charge in [-0.15, -0.1) is 0 Å². The van der Waals surface area contributed by atoms with Crippen LogP contribution in [0.1, 0.15) is 39.5 Å². The first-order valence-corrected chi connectivity index (χ1v) is 6.98. The maximum absolute atomic E-state index is 13.6. The summed E-state index contributed by atoms with van der Waals surface area (Å²) in [5, 5.41) is 0. The first-order chi connectivity index (χ1) is 9.10. The summed E-state index contributed by atoms with van der Waals surface area (Å²) in [6.07, 6.45) is 4.58. The summed E-state index contributed by atoms with van der Waals surface area (Å²) in [7, 11) is 0. The van der Waals surface area contributed by atoms with Crippen LogP contribution >= 0.6 is 0 Å². The number of rotatable bonds is 4. The Morgan fingerprint density at radius 2 is 1.89 bits per heavy atom. The van der Waals surface area contributed by atoms with Crippen LogP contribution in [0.15, 0.2) is 12.1 Å². The molecule has 4 heteroatoms. The maximum Gasteiger partial charge on any atom is 0.167 e. The number of anilines is 1. The van der Waals surface area contributed by atoms with E-state index < -0.39 is 5.82 Å². The Morgan fingerprint density at radius 3 is 2.53 bits per heavy atom. The molecule has 0 saturated heterocycles. The fourth-order valence-electron chi connectivity index (χ4n) is 2.45. The van der Waals surface area contributed by atoms with E-state index in [1.165, 1.54) is 18.9 Å². The first kappa shape index (κ1) is 14.0. The van der Waals surface area contributed by atoms with Crippen molar-refractivity contribution in [1.29, 1.82) is 0 Å². The third-order valence-electron chi connectivity index (χ3n) is 3.62. The molecule has 0 atom stereocenters. The largest absolute Gasteiger partial charge is 0.491 e. The molecule has 2 rings (SSSR count). The molecule has 1 aromatic carbocycles.